The van der Waals surface area contributed by atoms with Crippen LogP contribution in [0, 0.1) is 11.6 Å². The van der Waals surface area contributed by atoms with Crippen LogP contribution in [0.2, 0.25) is 0 Å². The van der Waals surface area contributed by atoms with Gasteiger partial charge in [0, 0.05) is 0 Å². The summed E-state index contributed by atoms with van der Waals surface area (Å²) in [4.78, 5) is 48.0. The van der Waals surface area contributed by atoms with E-state index in [4.69, 9.17) is 0 Å². The number of alkyl halides is 9. The Morgan fingerprint density at radius 1 is 0.442 bits per heavy atom. The van der Waals surface area contributed by atoms with Gasteiger partial charge >= 0.3 is 42.4 Å². The van der Waals surface area contributed by atoms with Gasteiger partial charge in [-0.05, 0) is 59.2 Å². The van der Waals surface area contributed by atoms with Crippen LogP contribution in [-0.4, -0.2) is 30.1 Å². The fraction of sp³-hybridized carbons (Fsp3) is 0.154. The summed E-state index contributed by atoms with van der Waals surface area (Å²) in [6, 6.07) is -1.23. The second kappa shape index (κ2) is 9.08. The average Bonchev–Trinajstić information content (AvgIpc) is 3.31. The highest BCUT2D eigenvalue weighted by molar-refractivity contribution is 6.15. The summed E-state index contributed by atoms with van der Waals surface area (Å²) in [6.07, 6.45) is -17.5. The monoisotopic (exact) mass is 624 g/mol. The van der Waals surface area contributed by atoms with Crippen molar-refractivity contribution in [3.8, 4) is 0 Å². The standard InChI is InChI=1S/C26H7F11O6/c27-15-6-9(4-13-17(15)21(40)42-19(13)38)23(26(35,36)37,10-5-14-18(16(28)7-10)22(41)43-20(14)39)8-1-11(24(29,30)31)3-12(2-8)25(32,33)34/h1-7H. The number of hydrogen-bond acceptors (Lipinski definition) is 6. The Kier molecular flexibility index (Phi) is 6.26. The third-order valence-electron chi connectivity index (χ3n) is 6.71. The van der Waals surface area contributed by atoms with Crippen molar-refractivity contribution in [3.05, 3.63) is 104 Å². The largest absolute Gasteiger partial charge is 0.416 e. The van der Waals surface area contributed by atoms with Crippen molar-refractivity contribution in [1.82, 2.24) is 0 Å². The van der Waals surface area contributed by atoms with Gasteiger partial charge in [-0.15, -0.1) is 0 Å². The topological polar surface area (TPSA) is 86.7 Å². The van der Waals surface area contributed by atoms with E-state index in [1.165, 1.54) is 0 Å². The number of fused-ring (bicyclic) bond motifs is 2. The third-order valence-corrected chi connectivity index (χ3v) is 6.71. The second-order valence-corrected chi connectivity index (χ2v) is 9.16. The first-order valence-corrected chi connectivity index (χ1v) is 11.3. The first-order valence-electron chi connectivity index (χ1n) is 11.3. The predicted octanol–water partition coefficient (Wildman–Crippen LogP) is 6.52. The summed E-state index contributed by atoms with van der Waals surface area (Å²) in [6.45, 7) is 0. The van der Waals surface area contributed by atoms with E-state index in [0.29, 0.717) is 0 Å². The number of benzene rings is 3. The molecule has 2 aliphatic heterocycles. The summed E-state index contributed by atoms with van der Waals surface area (Å²) < 4.78 is 167. The smallest absolute Gasteiger partial charge is 0.386 e. The summed E-state index contributed by atoms with van der Waals surface area (Å²) in [5.74, 6) is -10.6. The van der Waals surface area contributed by atoms with Crippen LogP contribution in [0.4, 0.5) is 48.3 Å². The quantitative estimate of drug-likeness (QED) is 0.143. The highest BCUT2D eigenvalue weighted by Gasteiger charge is 2.61. The molecule has 6 nitrogen and oxygen atoms in total. The highest BCUT2D eigenvalue weighted by Crippen LogP contribution is 2.54. The normalized spacial score (nSPS) is 15.4. The van der Waals surface area contributed by atoms with E-state index in [2.05, 4.69) is 9.47 Å². The van der Waals surface area contributed by atoms with Gasteiger partial charge < -0.3 is 9.47 Å². The Hall–Kier alpha value is -4.83. The van der Waals surface area contributed by atoms with Gasteiger partial charge in [0.05, 0.1) is 22.3 Å². The van der Waals surface area contributed by atoms with Crippen molar-refractivity contribution in [2.24, 2.45) is 0 Å². The first kappa shape index (κ1) is 29.7. The lowest BCUT2D eigenvalue weighted by molar-refractivity contribution is -0.167. The molecule has 0 atom stereocenters. The number of carbonyl (C=O) groups is 4. The number of ether oxygens (including phenoxy) is 2. The average molecular weight is 624 g/mol. The molecular formula is C26H7F11O6. The van der Waals surface area contributed by atoms with Gasteiger partial charge in [0.25, 0.3) is 0 Å². The van der Waals surface area contributed by atoms with Crippen LogP contribution in [0.5, 0.6) is 0 Å². The Morgan fingerprint density at radius 3 is 1.09 bits per heavy atom. The van der Waals surface area contributed by atoms with E-state index < -0.39 is 116 Å². The van der Waals surface area contributed by atoms with Gasteiger partial charge in [-0.3, -0.25) is 0 Å². The van der Waals surface area contributed by atoms with E-state index in [-0.39, 0.29) is 36.4 Å². The lowest BCUT2D eigenvalue weighted by atomic mass is 9.67. The summed E-state index contributed by atoms with van der Waals surface area (Å²) in [7, 11) is 0. The minimum Gasteiger partial charge on any atom is -0.386 e. The third kappa shape index (κ3) is 4.40. The van der Waals surface area contributed by atoms with Crippen molar-refractivity contribution >= 4 is 23.9 Å². The number of halogens is 11. The molecule has 0 aliphatic carbocycles. The fourth-order valence-corrected chi connectivity index (χ4v) is 4.93. The summed E-state index contributed by atoms with van der Waals surface area (Å²) in [5.41, 5.74) is -18.9. The van der Waals surface area contributed by atoms with Crippen LogP contribution in [0.1, 0.15) is 69.2 Å². The molecule has 0 bridgehead atoms. The van der Waals surface area contributed by atoms with E-state index in [1.807, 2.05) is 0 Å². The fourth-order valence-electron chi connectivity index (χ4n) is 4.93. The number of rotatable bonds is 3. The van der Waals surface area contributed by atoms with Gasteiger partial charge in [-0.25, -0.2) is 28.0 Å². The molecule has 2 heterocycles. The Morgan fingerprint density at radius 2 is 0.767 bits per heavy atom. The van der Waals surface area contributed by atoms with Gasteiger partial charge in [0.2, 0.25) is 0 Å². The lowest BCUT2D eigenvalue weighted by Crippen LogP contribution is -2.45. The van der Waals surface area contributed by atoms with Crippen LogP contribution in [-0.2, 0) is 27.2 Å². The van der Waals surface area contributed by atoms with Crippen molar-refractivity contribution in [3.63, 3.8) is 0 Å². The molecular weight excluding hydrogens is 617 g/mol. The maximum Gasteiger partial charge on any atom is 0.416 e. The van der Waals surface area contributed by atoms with E-state index in [1.54, 1.807) is 0 Å². The zero-order chi connectivity index (χ0) is 32.0. The van der Waals surface area contributed by atoms with E-state index in [0.717, 1.165) is 0 Å². The molecule has 5 rings (SSSR count). The van der Waals surface area contributed by atoms with Crippen molar-refractivity contribution in [2.75, 3.05) is 0 Å². The lowest BCUT2D eigenvalue weighted by Gasteiger charge is -2.38. The van der Waals surface area contributed by atoms with Crippen LogP contribution in [0.15, 0.2) is 42.5 Å². The molecule has 3 aromatic carbocycles. The number of esters is 4. The van der Waals surface area contributed by atoms with Gasteiger partial charge in [0.1, 0.15) is 28.2 Å². The maximum absolute atomic E-state index is 15.4. The zero-order valence-corrected chi connectivity index (χ0v) is 20.1. The van der Waals surface area contributed by atoms with E-state index >= 15 is 22.0 Å². The van der Waals surface area contributed by atoms with Gasteiger partial charge in [0.15, 0.2) is 0 Å². The molecule has 224 valence electrons. The van der Waals surface area contributed by atoms with Crippen LogP contribution in [0.3, 0.4) is 0 Å². The number of hydrogen-bond donors (Lipinski definition) is 0. The molecule has 0 saturated carbocycles. The van der Waals surface area contributed by atoms with Crippen molar-refractivity contribution in [2.45, 2.75) is 23.9 Å². The molecule has 43 heavy (non-hydrogen) atoms. The summed E-state index contributed by atoms with van der Waals surface area (Å²) >= 11 is 0. The predicted molar refractivity (Wildman–Crippen MR) is 115 cm³/mol. The number of carbonyl (C=O) groups excluding carboxylic acids is 4. The molecule has 0 saturated heterocycles. The minimum absolute atomic E-state index is 0.117. The SMILES string of the molecule is O=C1OC(=O)c2c(F)cc(C(c3cc(C(F)(F)F)cc(C(F)(F)F)c3)(c3cc(F)c4c(c3)C(=O)OC4=O)C(F)(F)F)cc21. The molecule has 0 amide bonds. The van der Waals surface area contributed by atoms with Gasteiger partial charge in [-0.1, -0.05) is 0 Å². The van der Waals surface area contributed by atoms with Crippen LogP contribution >= 0.6 is 0 Å². The van der Waals surface area contributed by atoms with Crippen molar-refractivity contribution in [1.29, 1.82) is 0 Å². The second-order valence-electron chi connectivity index (χ2n) is 9.16. The van der Waals surface area contributed by atoms with Gasteiger partial charge in [-0.2, -0.15) is 39.5 Å². The van der Waals surface area contributed by atoms with Crippen LogP contribution < -0.4 is 0 Å². The molecule has 3 aromatic rings. The Bertz CT molecular complexity index is 1670. The molecule has 0 spiro atoms. The molecule has 17 heteroatoms. The zero-order valence-electron chi connectivity index (χ0n) is 20.1. The summed E-state index contributed by atoms with van der Waals surface area (Å²) in [5, 5.41) is 0. The first-order chi connectivity index (χ1) is 19.7. The molecule has 0 N–H and O–H groups in total. The Balaban J connectivity index is 2.02. The molecule has 2 aliphatic rings. The highest BCUT2D eigenvalue weighted by atomic mass is 19.4. The maximum atomic E-state index is 15.4. The molecule has 0 radical (unpaired) electrons. The molecule has 0 fully saturated rings. The minimum atomic E-state index is -6.12. The van der Waals surface area contributed by atoms with Crippen molar-refractivity contribution < 1.29 is 76.9 Å². The van der Waals surface area contributed by atoms with E-state index in [9.17, 15) is 45.5 Å². The molecule has 0 unspecified atom stereocenters. The number of cyclic esters (lactones) is 4. The molecule has 0 aromatic heterocycles. The Labute approximate surface area is 229 Å². The van der Waals surface area contributed by atoms with Crippen LogP contribution in [0.25, 0.3) is 0 Å².